The van der Waals surface area contributed by atoms with Crippen LogP contribution in [0.5, 0.6) is 11.5 Å². The van der Waals surface area contributed by atoms with Crippen LogP contribution in [-0.2, 0) is 11.2 Å². The van der Waals surface area contributed by atoms with Gasteiger partial charge >= 0.3 is 0 Å². The van der Waals surface area contributed by atoms with Crippen LogP contribution < -0.4 is 19.7 Å². The lowest BCUT2D eigenvalue weighted by Crippen LogP contribution is -2.46. The molecule has 4 rings (SSSR count). The number of ether oxygens (including phenoxy) is 2. The Morgan fingerprint density at radius 1 is 0.941 bits per heavy atom. The molecule has 1 N–H and O–H groups in total. The van der Waals surface area contributed by atoms with Gasteiger partial charge < -0.3 is 19.7 Å². The fourth-order valence-electron chi connectivity index (χ4n) is 5.32. The maximum absolute atomic E-state index is 12.6. The zero-order valence-corrected chi connectivity index (χ0v) is 20.7. The zero-order chi connectivity index (χ0) is 23.8. The summed E-state index contributed by atoms with van der Waals surface area (Å²) < 4.78 is 11.0. The number of nitrogens with zero attached hydrogens (tertiary/aromatic N) is 2. The average Bonchev–Trinajstić information content (AvgIpc) is 2.88. The van der Waals surface area contributed by atoms with E-state index in [0.29, 0.717) is 6.42 Å². The second kappa shape index (κ2) is 12.1. The van der Waals surface area contributed by atoms with Gasteiger partial charge in [-0.15, -0.1) is 0 Å². The summed E-state index contributed by atoms with van der Waals surface area (Å²) in [4.78, 5) is 17.6. The number of para-hydroxylation sites is 2. The Bertz CT molecular complexity index is 940. The molecule has 2 aromatic carbocycles. The molecule has 0 radical (unpaired) electrons. The predicted octanol–water partition coefficient (Wildman–Crippen LogP) is 4.58. The van der Waals surface area contributed by atoms with Crippen LogP contribution in [0.15, 0.2) is 42.5 Å². The first-order valence-electron chi connectivity index (χ1n) is 12.7. The Morgan fingerprint density at radius 3 is 2.50 bits per heavy atom. The van der Waals surface area contributed by atoms with Gasteiger partial charge in [-0.1, -0.05) is 30.7 Å². The highest BCUT2D eigenvalue weighted by Crippen LogP contribution is 2.35. The summed E-state index contributed by atoms with van der Waals surface area (Å²) in [5.74, 6) is 2.07. The molecule has 1 fully saturated rings. The first kappa shape index (κ1) is 24.4. The Kier molecular flexibility index (Phi) is 8.69. The van der Waals surface area contributed by atoms with Crippen molar-refractivity contribution in [3.05, 3.63) is 53.6 Å². The van der Waals surface area contributed by atoms with Crippen molar-refractivity contribution >= 4 is 11.6 Å². The smallest absolute Gasteiger partial charge is 0.220 e. The number of rotatable bonds is 10. The number of unbranched alkanes of at least 4 members (excludes halogenated alkanes) is 2. The summed E-state index contributed by atoms with van der Waals surface area (Å²) in [5.41, 5.74) is 3.67. The molecule has 2 aliphatic rings. The van der Waals surface area contributed by atoms with E-state index >= 15 is 0 Å². The molecule has 1 saturated heterocycles. The van der Waals surface area contributed by atoms with Gasteiger partial charge in [0.05, 0.1) is 25.9 Å². The number of benzene rings is 2. The van der Waals surface area contributed by atoms with E-state index in [1.807, 2.05) is 24.3 Å². The topological polar surface area (TPSA) is 54.0 Å². The average molecular weight is 466 g/mol. The van der Waals surface area contributed by atoms with E-state index in [4.69, 9.17) is 9.47 Å². The van der Waals surface area contributed by atoms with Crippen molar-refractivity contribution in [3.63, 3.8) is 0 Å². The first-order chi connectivity index (χ1) is 16.7. The summed E-state index contributed by atoms with van der Waals surface area (Å²) in [7, 11) is 3.46. The molecule has 1 amide bonds. The van der Waals surface area contributed by atoms with Gasteiger partial charge in [0.1, 0.15) is 11.5 Å². The lowest BCUT2D eigenvalue weighted by Gasteiger charge is -2.36. The molecular weight excluding hydrogens is 426 g/mol. The van der Waals surface area contributed by atoms with Gasteiger partial charge in [-0.3, -0.25) is 9.69 Å². The number of methoxy groups -OCH3 is 2. The van der Waals surface area contributed by atoms with Gasteiger partial charge in [0, 0.05) is 32.6 Å². The van der Waals surface area contributed by atoms with E-state index in [9.17, 15) is 4.79 Å². The monoisotopic (exact) mass is 465 g/mol. The predicted molar refractivity (Wildman–Crippen MR) is 137 cm³/mol. The van der Waals surface area contributed by atoms with Crippen LogP contribution in [0.4, 0.5) is 5.69 Å². The molecule has 1 aliphatic carbocycles. The van der Waals surface area contributed by atoms with Crippen molar-refractivity contribution < 1.29 is 14.3 Å². The molecule has 6 heteroatoms. The molecule has 2 aromatic rings. The summed E-state index contributed by atoms with van der Waals surface area (Å²) in [6.45, 7) is 5.30. The molecule has 0 spiro atoms. The molecular formula is C28H39N3O3. The van der Waals surface area contributed by atoms with Crippen LogP contribution in [0, 0.1) is 0 Å². The third-order valence-electron chi connectivity index (χ3n) is 7.20. The number of fused-ring (bicyclic) bond motifs is 1. The van der Waals surface area contributed by atoms with E-state index < -0.39 is 0 Å². The van der Waals surface area contributed by atoms with Gasteiger partial charge in [0.25, 0.3) is 0 Å². The van der Waals surface area contributed by atoms with Crippen LogP contribution >= 0.6 is 0 Å². The summed E-state index contributed by atoms with van der Waals surface area (Å²) >= 11 is 0. The third-order valence-corrected chi connectivity index (χ3v) is 7.20. The van der Waals surface area contributed by atoms with Crippen molar-refractivity contribution in [3.8, 4) is 11.5 Å². The van der Waals surface area contributed by atoms with Gasteiger partial charge in [-0.2, -0.15) is 0 Å². The number of carbonyl (C=O) groups excluding carboxylic acids is 1. The lowest BCUT2D eigenvalue weighted by atomic mass is 9.87. The minimum Gasteiger partial charge on any atom is -0.496 e. The Balaban J connectivity index is 1.13. The molecule has 0 saturated carbocycles. The molecule has 1 atom stereocenters. The van der Waals surface area contributed by atoms with Crippen molar-refractivity contribution in [2.24, 2.45) is 0 Å². The van der Waals surface area contributed by atoms with Crippen LogP contribution in [0.1, 0.15) is 55.7 Å². The van der Waals surface area contributed by atoms with E-state index in [1.54, 1.807) is 14.2 Å². The fraction of sp³-hybridized carbons (Fsp3) is 0.536. The number of anilines is 1. The van der Waals surface area contributed by atoms with Crippen LogP contribution in [0.3, 0.4) is 0 Å². The molecule has 1 aliphatic heterocycles. The lowest BCUT2D eigenvalue weighted by molar-refractivity contribution is -0.122. The maximum atomic E-state index is 12.6. The minimum atomic E-state index is 0.117. The highest BCUT2D eigenvalue weighted by molar-refractivity contribution is 5.76. The summed E-state index contributed by atoms with van der Waals surface area (Å²) in [5, 5.41) is 3.28. The van der Waals surface area contributed by atoms with Gasteiger partial charge in [-0.25, -0.2) is 0 Å². The minimum absolute atomic E-state index is 0.117. The van der Waals surface area contributed by atoms with Gasteiger partial charge in [-0.05, 0) is 68.0 Å². The zero-order valence-electron chi connectivity index (χ0n) is 20.7. The largest absolute Gasteiger partial charge is 0.496 e. The van der Waals surface area contributed by atoms with Crippen LogP contribution in [0.25, 0.3) is 0 Å². The van der Waals surface area contributed by atoms with E-state index in [1.165, 1.54) is 16.8 Å². The second-order valence-electron chi connectivity index (χ2n) is 9.35. The van der Waals surface area contributed by atoms with E-state index in [2.05, 4.69) is 33.3 Å². The number of carbonyl (C=O) groups is 1. The summed E-state index contributed by atoms with van der Waals surface area (Å²) in [6.07, 6.45) is 6.91. The number of piperazine rings is 1. The van der Waals surface area contributed by atoms with Crippen molar-refractivity contribution in [1.82, 2.24) is 10.2 Å². The number of hydrogen-bond donors (Lipinski definition) is 1. The van der Waals surface area contributed by atoms with E-state index in [0.717, 1.165) is 82.7 Å². The highest BCUT2D eigenvalue weighted by Gasteiger charge is 2.24. The Labute approximate surface area is 204 Å². The van der Waals surface area contributed by atoms with Gasteiger partial charge in [0.15, 0.2) is 0 Å². The molecule has 184 valence electrons. The Morgan fingerprint density at radius 2 is 1.71 bits per heavy atom. The van der Waals surface area contributed by atoms with Gasteiger partial charge in [0.2, 0.25) is 5.91 Å². The normalized spacial score (nSPS) is 18.3. The molecule has 0 bridgehead atoms. The first-order valence-corrected chi connectivity index (χ1v) is 12.7. The molecule has 34 heavy (non-hydrogen) atoms. The van der Waals surface area contributed by atoms with Crippen LogP contribution in [0.2, 0.25) is 0 Å². The number of amides is 1. The molecule has 1 heterocycles. The van der Waals surface area contributed by atoms with Crippen LogP contribution in [-0.4, -0.2) is 57.8 Å². The molecule has 1 unspecified atom stereocenters. The quantitative estimate of drug-likeness (QED) is 0.521. The van der Waals surface area contributed by atoms with Crippen molar-refractivity contribution in [2.45, 2.75) is 51.0 Å². The van der Waals surface area contributed by atoms with Crippen molar-refractivity contribution in [1.29, 1.82) is 0 Å². The Hall–Kier alpha value is -2.73. The fourth-order valence-corrected chi connectivity index (χ4v) is 5.32. The van der Waals surface area contributed by atoms with Crippen molar-refractivity contribution in [2.75, 3.05) is 51.8 Å². The highest BCUT2D eigenvalue weighted by atomic mass is 16.5. The third kappa shape index (κ3) is 6.03. The number of hydrogen-bond acceptors (Lipinski definition) is 5. The summed E-state index contributed by atoms with van der Waals surface area (Å²) in [6, 6.07) is 14.6. The molecule has 6 nitrogen and oxygen atoms in total. The standard InChI is InChI=1S/C28H39N3O3/c1-33-26-15-9-10-22-23(26)11-8-12-24(22)29-28(32)16-4-3-7-17-30-18-20-31(21-19-30)25-13-5-6-14-27(25)34-2/h5-6,9-10,13-15,24H,3-4,7-8,11-12,16-21H2,1-2H3,(H,29,32). The number of nitrogens with one attached hydrogen (secondary N) is 1. The SMILES string of the molecule is COc1ccccc1N1CCN(CCCCCC(=O)NC2CCCc3c(OC)cccc32)CC1. The maximum Gasteiger partial charge on any atom is 0.220 e. The van der Waals surface area contributed by atoms with E-state index in [-0.39, 0.29) is 11.9 Å². The molecule has 0 aromatic heterocycles. The second-order valence-corrected chi connectivity index (χ2v) is 9.35.